The van der Waals surface area contributed by atoms with Crippen molar-refractivity contribution in [2.45, 2.75) is 46.0 Å². The summed E-state index contributed by atoms with van der Waals surface area (Å²) in [6, 6.07) is 12.6. The molecule has 7 nitrogen and oxygen atoms in total. The first-order chi connectivity index (χ1) is 19.3. The van der Waals surface area contributed by atoms with Crippen LogP contribution in [0, 0.1) is 17.8 Å². The van der Waals surface area contributed by atoms with Crippen molar-refractivity contribution in [1.82, 2.24) is 0 Å². The molecule has 2 amide bonds. The number of carbonyl (C=O) groups excluding carboxylic acids is 4. The summed E-state index contributed by atoms with van der Waals surface area (Å²) in [7, 11) is 0. The van der Waals surface area contributed by atoms with E-state index in [0.717, 1.165) is 17.6 Å². The first-order valence-corrected chi connectivity index (χ1v) is 13.9. The van der Waals surface area contributed by atoms with Crippen LogP contribution < -0.4 is 9.64 Å². The summed E-state index contributed by atoms with van der Waals surface area (Å²) in [5, 5.41) is 11.3. The number of fused-ring (bicyclic) bond motifs is 3. The molecule has 1 fully saturated rings. The number of allylic oxidation sites excluding steroid dienone is 6. The predicted octanol–water partition coefficient (Wildman–Crippen LogP) is 4.99. The topological polar surface area (TPSA) is 101 Å². The molecule has 1 heterocycles. The van der Waals surface area contributed by atoms with E-state index >= 15 is 0 Å². The zero-order chi connectivity index (χ0) is 28.3. The van der Waals surface area contributed by atoms with Gasteiger partial charge < -0.3 is 9.84 Å². The van der Waals surface area contributed by atoms with Crippen molar-refractivity contribution < 1.29 is 29.0 Å². The Morgan fingerprint density at radius 3 is 2.42 bits per heavy atom. The maximum absolute atomic E-state index is 14.0. The van der Waals surface area contributed by atoms with Crippen molar-refractivity contribution in [2.24, 2.45) is 17.8 Å². The van der Waals surface area contributed by atoms with Crippen LogP contribution in [0.5, 0.6) is 11.5 Å². The van der Waals surface area contributed by atoms with E-state index in [1.54, 1.807) is 37.3 Å². The summed E-state index contributed by atoms with van der Waals surface area (Å²) < 4.78 is 5.64. The van der Waals surface area contributed by atoms with Crippen molar-refractivity contribution in [2.75, 3.05) is 11.5 Å². The van der Waals surface area contributed by atoms with Crippen LogP contribution in [0.1, 0.15) is 50.7 Å². The SMILES string of the molecule is CCOc1cccc(C2C3=CCC4C(=O)N(c5ccc(CC)cc5)C(=O)C4C3CC3=C2C(=O)C(C)=CC3=O)c1O. The van der Waals surface area contributed by atoms with Crippen LogP contribution in [-0.2, 0) is 25.6 Å². The van der Waals surface area contributed by atoms with Gasteiger partial charge in [-0.3, -0.25) is 24.1 Å². The molecular weight excluding hydrogens is 506 g/mol. The molecule has 6 rings (SSSR count). The number of imide groups is 1. The number of ether oxygens (including phenoxy) is 1. The number of phenols is 1. The number of hydrogen-bond acceptors (Lipinski definition) is 6. The number of anilines is 1. The molecule has 0 aromatic heterocycles. The molecule has 4 atom stereocenters. The average Bonchev–Trinajstić information content (AvgIpc) is 3.21. The van der Waals surface area contributed by atoms with Crippen molar-refractivity contribution in [3.8, 4) is 11.5 Å². The summed E-state index contributed by atoms with van der Waals surface area (Å²) in [4.78, 5) is 55.8. The third kappa shape index (κ3) is 3.79. The maximum atomic E-state index is 14.0. The van der Waals surface area contributed by atoms with Gasteiger partial charge in [-0.2, -0.15) is 0 Å². The second-order valence-corrected chi connectivity index (χ2v) is 10.9. The summed E-state index contributed by atoms with van der Waals surface area (Å²) in [6.45, 7) is 5.82. The summed E-state index contributed by atoms with van der Waals surface area (Å²) >= 11 is 0. The number of carbonyl (C=O) groups is 4. The van der Waals surface area contributed by atoms with Crippen LogP contribution in [0.4, 0.5) is 5.69 Å². The Labute approximate surface area is 232 Å². The van der Waals surface area contributed by atoms with E-state index < -0.39 is 23.7 Å². The fourth-order valence-corrected chi connectivity index (χ4v) is 6.90. The van der Waals surface area contributed by atoms with E-state index in [-0.39, 0.29) is 41.3 Å². The van der Waals surface area contributed by atoms with Crippen LogP contribution in [0.3, 0.4) is 0 Å². The first-order valence-electron chi connectivity index (χ1n) is 13.9. The van der Waals surface area contributed by atoms with Gasteiger partial charge >= 0.3 is 0 Å². The minimum Gasteiger partial charge on any atom is -0.504 e. The molecule has 204 valence electrons. The normalized spacial score (nSPS) is 25.8. The number of aromatic hydroxyl groups is 1. The molecule has 0 spiro atoms. The second kappa shape index (κ2) is 9.73. The lowest BCUT2D eigenvalue weighted by atomic mass is 9.59. The molecule has 3 aliphatic carbocycles. The lowest BCUT2D eigenvalue weighted by Gasteiger charge is -2.42. The van der Waals surface area contributed by atoms with Gasteiger partial charge in [-0.1, -0.05) is 42.8 Å². The molecule has 1 N–H and O–H groups in total. The van der Waals surface area contributed by atoms with Crippen LogP contribution in [0.25, 0.3) is 0 Å². The predicted molar refractivity (Wildman–Crippen MR) is 149 cm³/mol. The van der Waals surface area contributed by atoms with Gasteiger partial charge in [-0.15, -0.1) is 0 Å². The summed E-state index contributed by atoms with van der Waals surface area (Å²) in [5.41, 5.74) is 3.94. The first kappa shape index (κ1) is 26.0. The smallest absolute Gasteiger partial charge is 0.238 e. The Morgan fingerprint density at radius 1 is 0.975 bits per heavy atom. The van der Waals surface area contributed by atoms with Gasteiger partial charge in [0.15, 0.2) is 23.1 Å². The molecule has 1 aliphatic heterocycles. The molecule has 4 unspecified atom stereocenters. The highest BCUT2D eigenvalue weighted by molar-refractivity contribution is 6.25. The fraction of sp³-hybridized carbons (Fsp3) is 0.333. The highest BCUT2D eigenvalue weighted by Gasteiger charge is 2.56. The molecule has 0 radical (unpaired) electrons. The van der Waals surface area contributed by atoms with Crippen LogP contribution >= 0.6 is 0 Å². The molecule has 7 heteroatoms. The number of aryl methyl sites for hydroxylation is 1. The van der Waals surface area contributed by atoms with Gasteiger partial charge in [0.25, 0.3) is 0 Å². The highest BCUT2D eigenvalue weighted by Crippen LogP contribution is 2.57. The molecule has 0 bridgehead atoms. The van der Waals surface area contributed by atoms with Gasteiger partial charge in [0.2, 0.25) is 11.8 Å². The number of nitrogens with zero attached hydrogens (tertiary/aromatic N) is 1. The Kier molecular flexibility index (Phi) is 6.32. The summed E-state index contributed by atoms with van der Waals surface area (Å²) in [5.74, 6) is -3.24. The Balaban J connectivity index is 1.48. The number of ketones is 2. The minimum absolute atomic E-state index is 0.0937. The Morgan fingerprint density at radius 2 is 1.73 bits per heavy atom. The number of para-hydroxylation sites is 1. The van der Waals surface area contributed by atoms with Gasteiger partial charge in [-0.05, 0) is 68.9 Å². The second-order valence-electron chi connectivity index (χ2n) is 10.9. The summed E-state index contributed by atoms with van der Waals surface area (Å²) in [6.07, 6.45) is 4.69. The molecule has 40 heavy (non-hydrogen) atoms. The highest BCUT2D eigenvalue weighted by atomic mass is 16.5. The zero-order valence-electron chi connectivity index (χ0n) is 22.8. The number of Topliss-reactive ketones (excluding diaryl/α,β-unsaturated/α-hetero) is 1. The Bertz CT molecular complexity index is 1560. The van der Waals surface area contributed by atoms with Crippen molar-refractivity contribution in [1.29, 1.82) is 0 Å². The van der Waals surface area contributed by atoms with Gasteiger partial charge in [0.1, 0.15) is 0 Å². The average molecular weight is 538 g/mol. The molecule has 2 aromatic rings. The van der Waals surface area contributed by atoms with Gasteiger partial charge in [0.05, 0.1) is 24.1 Å². The van der Waals surface area contributed by atoms with E-state index in [2.05, 4.69) is 0 Å². The minimum atomic E-state index is -0.726. The van der Waals surface area contributed by atoms with E-state index in [4.69, 9.17) is 4.74 Å². The van der Waals surface area contributed by atoms with E-state index in [9.17, 15) is 24.3 Å². The maximum Gasteiger partial charge on any atom is 0.238 e. The molecule has 2 aromatic carbocycles. The van der Waals surface area contributed by atoms with E-state index in [1.807, 2.05) is 32.1 Å². The number of rotatable bonds is 5. The van der Waals surface area contributed by atoms with Gasteiger partial charge in [-0.25, -0.2) is 0 Å². The number of amides is 2. The lowest BCUT2D eigenvalue weighted by Crippen LogP contribution is -2.39. The Hall–Kier alpha value is -4.26. The van der Waals surface area contributed by atoms with Crippen LogP contribution in [0.2, 0.25) is 0 Å². The van der Waals surface area contributed by atoms with Crippen LogP contribution in [0.15, 0.2) is 76.9 Å². The van der Waals surface area contributed by atoms with Gasteiger partial charge in [0, 0.05) is 28.2 Å². The van der Waals surface area contributed by atoms with E-state index in [1.165, 1.54) is 11.0 Å². The third-order valence-electron chi connectivity index (χ3n) is 8.81. The van der Waals surface area contributed by atoms with Crippen LogP contribution in [-0.4, -0.2) is 35.1 Å². The quantitative estimate of drug-likeness (QED) is 0.328. The monoisotopic (exact) mass is 537 g/mol. The van der Waals surface area contributed by atoms with Crippen molar-refractivity contribution in [3.05, 3.63) is 88.0 Å². The van der Waals surface area contributed by atoms with E-state index in [0.29, 0.717) is 41.0 Å². The third-order valence-corrected chi connectivity index (χ3v) is 8.81. The zero-order valence-corrected chi connectivity index (χ0v) is 22.8. The molecular formula is C33H31NO6. The number of phenolic OH excluding ortho intramolecular Hbond substituents is 1. The molecule has 1 saturated heterocycles. The molecule has 4 aliphatic rings. The lowest BCUT2D eigenvalue weighted by molar-refractivity contribution is -0.123. The van der Waals surface area contributed by atoms with Crippen molar-refractivity contribution in [3.63, 3.8) is 0 Å². The largest absolute Gasteiger partial charge is 0.504 e. The number of hydrogen-bond donors (Lipinski definition) is 1. The number of benzene rings is 2. The fourth-order valence-electron chi connectivity index (χ4n) is 6.90. The molecule has 0 saturated carbocycles. The van der Waals surface area contributed by atoms with Crippen molar-refractivity contribution >= 4 is 29.1 Å². The standard InChI is InChI=1S/C33H31NO6/c1-4-18-9-11-19(12-10-18)34-32(38)22-14-13-20-23(28(22)33(34)39)16-24-25(35)15-17(3)30(36)29(24)27(20)21-7-6-8-26(31(21)37)40-5-2/h6-13,15,22-23,27-28,37H,4-5,14,16H2,1-3H3.